The Bertz CT molecular complexity index is 394. The van der Waals surface area contributed by atoms with Gasteiger partial charge >= 0.3 is 0 Å². The van der Waals surface area contributed by atoms with Crippen LogP contribution >= 0.6 is 0 Å². The largest absolute Gasteiger partial charge is 0.395 e. The second-order valence-electron chi connectivity index (χ2n) is 5.48. The number of nitrogens with one attached hydrogen (secondary N) is 2. The second-order valence-corrected chi connectivity index (χ2v) is 5.48. The zero-order chi connectivity index (χ0) is 14.8. The number of hydrogen-bond donors (Lipinski definition) is 3. The summed E-state index contributed by atoms with van der Waals surface area (Å²) in [5, 5.41) is 9.16. The average molecular weight is 291 g/mol. The van der Waals surface area contributed by atoms with Crippen LogP contribution in [-0.4, -0.2) is 48.8 Å². The Hall–Kier alpha value is -0.960. The zero-order valence-electron chi connectivity index (χ0n) is 11.2. The Labute approximate surface area is 115 Å². The van der Waals surface area contributed by atoms with Crippen molar-refractivity contribution in [2.24, 2.45) is 16.3 Å². The van der Waals surface area contributed by atoms with Gasteiger partial charge in [-0.25, -0.2) is 14.2 Å². The molecule has 6 nitrogen and oxygen atoms in total. The molecule has 2 heterocycles. The first-order valence-electron chi connectivity index (χ1n) is 6.57. The average Bonchev–Trinajstić information content (AvgIpc) is 2.67. The summed E-state index contributed by atoms with van der Waals surface area (Å²) >= 11 is 0. The molecule has 20 heavy (non-hydrogen) atoms. The fourth-order valence-electron chi connectivity index (χ4n) is 2.44. The van der Waals surface area contributed by atoms with Crippen molar-refractivity contribution in [2.45, 2.75) is 38.3 Å². The highest BCUT2D eigenvalue weighted by atomic mass is 19.3. The van der Waals surface area contributed by atoms with E-state index in [1.54, 1.807) is 6.21 Å². The fourth-order valence-corrected chi connectivity index (χ4v) is 2.44. The first kappa shape index (κ1) is 15.4. The van der Waals surface area contributed by atoms with Crippen LogP contribution in [0.15, 0.2) is 4.99 Å². The van der Waals surface area contributed by atoms with E-state index < -0.39 is 30.3 Å². The molecule has 0 aromatic heterocycles. The van der Waals surface area contributed by atoms with Crippen LogP contribution in [0, 0.1) is 11.3 Å². The summed E-state index contributed by atoms with van der Waals surface area (Å²) in [5.41, 5.74) is 2.99. The lowest BCUT2D eigenvalue weighted by Crippen LogP contribution is -2.52. The normalized spacial score (nSPS) is 33.4. The number of nitrogens with zero attached hydrogens (tertiary/aromatic N) is 1. The smallest absolute Gasteiger partial charge is 0.253 e. The molecular weight excluding hydrogens is 272 g/mol. The minimum atomic E-state index is -2.92. The predicted molar refractivity (Wildman–Crippen MR) is 67.2 cm³/mol. The highest BCUT2D eigenvalue weighted by Gasteiger charge is 2.46. The van der Waals surface area contributed by atoms with Gasteiger partial charge in [-0.05, 0) is 13.3 Å². The van der Waals surface area contributed by atoms with E-state index in [2.05, 4.69) is 16.0 Å². The van der Waals surface area contributed by atoms with Crippen molar-refractivity contribution in [1.82, 2.24) is 11.0 Å². The van der Waals surface area contributed by atoms with Gasteiger partial charge in [0.05, 0.1) is 18.8 Å². The van der Waals surface area contributed by atoms with Crippen LogP contribution in [0.3, 0.4) is 0 Å². The van der Waals surface area contributed by atoms with Gasteiger partial charge in [0.1, 0.15) is 5.41 Å². The molecule has 114 valence electrons. The van der Waals surface area contributed by atoms with Gasteiger partial charge in [-0.2, -0.15) is 0 Å². The quantitative estimate of drug-likeness (QED) is 0.683. The minimum absolute atomic E-state index is 0.0166. The summed E-state index contributed by atoms with van der Waals surface area (Å²) in [6, 6.07) is -0.843. The van der Waals surface area contributed by atoms with Crippen LogP contribution in [0.25, 0.3) is 0 Å². The summed E-state index contributed by atoms with van der Waals surface area (Å²) in [5.74, 6) is -0.738. The number of ketones is 1. The lowest BCUT2D eigenvalue weighted by atomic mass is 9.79. The van der Waals surface area contributed by atoms with Crippen LogP contribution in [0.1, 0.15) is 19.8 Å². The second kappa shape index (κ2) is 6.21. The van der Waals surface area contributed by atoms with Crippen molar-refractivity contribution in [3.8, 4) is 0 Å². The molecule has 0 bridgehead atoms. The SMILES string of the molecule is CC(CO)(C(=O)C1CC2CN=CCC2ONN1)C(F)F. The summed E-state index contributed by atoms with van der Waals surface area (Å²) in [7, 11) is 0. The monoisotopic (exact) mass is 291 g/mol. The number of fused-ring (bicyclic) bond motifs is 1. The number of carbonyl (C=O) groups excluding carboxylic acids is 1. The molecule has 0 amide bonds. The van der Waals surface area contributed by atoms with Crippen molar-refractivity contribution in [2.75, 3.05) is 13.2 Å². The third-order valence-electron chi connectivity index (χ3n) is 4.00. The van der Waals surface area contributed by atoms with E-state index in [-0.39, 0.29) is 12.0 Å². The molecule has 0 saturated carbocycles. The van der Waals surface area contributed by atoms with Crippen LogP contribution in [-0.2, 0) is 9.63 Å². The van der Waals surface area contributed by atoms with Crippen molar-refractivity contribution < 1.29 is 23.5 Å². The maximum Gasteiger partial charge on any atom is 0.253 e. The molecular formula is C12H19F2N3O3. The van der Waals surface area contributed by atoms with Crippen molar-refractivity contribution >= 4 is 12.0 Å². The Morgan fingerprint density at radius 2 is 2.40 bits per heavy atom. The van der Waals surface area contributed by atoms with Crippen molar-refractivity contribution in [1.29, 1.82) is 0 Å². The maximum atomic E-state index is 13.0. The Balaban J connectivity index is 2.11. The first-order valence-corrected chi connectivity index (χ1v) is 6.57. The van der Waals surface area contributed by atoms with E-state index in [1.165, 1.54) is 0 Å². The molecule has 0 aromatic carbocycles. The van der Waals surface area contributed by atoms with Gasteiger partial charge in [-0.3, -0.25) is 14.6 Å². The molecule has 1 saturated heterocycles. The lowest BCUT2D eigenvalue weighted by Gasteiger charge is -2.30. The molecule has 2 aliphatic rings. The third-order valence-corrected chi connectivity index (χ3v) is 4.00. The van der Waals surface area contributed by atoms with Gasteiger partial charge in [-0.15, -0.1) is 5.59 Å². The highest BCUT2D eigenvalue weighted by Crippen LogP contribution is 2.31. The van der Waals surface area contributed by atoms with E-state index >= 15 is 0 Å². The molecule has 1 fully saturated rings. The lowest BCUT2D eigenvalue weighted by molar-refractivity contribution is -0.144. The first-order chi connectivity index (χ1) is 9.49. The molecule has 0 aromatic rings. The fraction of sp³-hybridized carbons (Fsp3) is 0.833. The Morgan fingerprint density at radius 1 is 1.65 bits per heavy atom. The molecule has 3 N–H and O–H groups in total. The van der Waals surface area contributed by atoms with Gasteiger partial charge in [-0.1, -0.05) is 0 Å². The number of hydrazine groups is 1. The number of alkyl halides is 2. The topological polar surface area (TPSA) is 83.0 Å². The molecule has 4 atom stereocenters. The third kappa shape index (κ3) is 2.88. The molecule has 0 spiro atoms. The number of carbonyl (C=O) groups is 1. The summed E-state index contributed by atoms with van der Waals surface area (Å²) in [6.45, 7) is 0.682. The van der Waals surface area contributed by atoms with Crippen molar-refractivity contribution in [3.05, 3.63) is 0 Å². The highest BCUT2D eigenvalue weighted by molar-refractivity contribution is 5.90. The van der Waals surface area contributed by atoms with Gasteiger partial charge in [0.2, 0.25) is 0 Å². The maximum absolute atomic E-state index is 13.0. The van der Waals surface area contributed by atoms with E-state index in [0.717, 1.165) is 6.92 Å². The Morgan fingerprint density at radius 3 is 3.05 bits per heavy atom. The van der Waals surface area contributed by atoms with Gasteiger partial charge in [0.15, 0.2) is 5.78 Å². The molecule has 0 radical (unpaired) electrons. The van der Waals surface area contributed by atoms with E-state index in [0.29, 0.717) is 19.4 Å². The number of halogens is 2. The van der Waals surface area contributed by atoms with E-state index in [1.807, 2.05) is 0 Å². The molecule has 0 aliphatic carbocycles. The number of rotatable bonds is 4. The molecule has 8 heteroatoms. The molecule has 2 aliphatic heterocycles. The standard InChI is InChI=1S/C12H19F2N3O3/c1-12(6-18,11(13)14)10(19)8-4-7-5-15-3-2-9(7)20-17-16-8/h3,7-9,11,16-18H,2,4-6H2,1H3. The van der Waals surface area contributed by atoms with E-state index in [9.17, 15) is 13.6 Å². The minimum Gasteiger partial charge on any atom is -0.395 e. The number of hydrogen-bond acceptors (Lipinski definition) is 6. The molecule has 2 rings (SSSR count). The summed E-state index contributed by atoms with van der Waals surface area (Å²) in [6.07, 6.45) is -0.347. The number of aliphatic hydroxyl groups excluding tert-OH is 1. The molecule has 4 unspecified atom stereocenters. The summed E-state index contributed by atoms with van der Waals surface area (Å²) in [4.78, 5) is 21.8. The predicted octanol–water partition coefficient (Wildman–Crippen LogP) is 0.0766. The van der Waals surface area contributed by atoms with Crippen LogP contribution < -0.4 is 11.0 Å². The zero-order valence-corrected chi connectivity index (χ0v) is 11.2. The Kier molecular flexibility index (Phi) is 4.79. The van der Waals surface area contributed by atoms with Gasteiger partial charge < -0.3 is 5.11 Å². The van der Waals surface area contributed by atoms with Crippen molar-refractivity contribution in [3.63, 3.8) is 0 Å². The van der Waals surface area contributed by atoms with Crippen LogP contribution in [0.4, 0.5) is 8.78 Å². The van der Waals surface area contributed by atoms with Gasteiger partial charge in [0.25, 0.3) is 6.43 Å². The number of aliphatic hydroxyl groups is 1. The van der Waals surface area contributed by atoms with Crippen LogP contribution in [0.2, 0.25) is 0 Å². The van der Waals surface area contributed by atoms with E-state index in [4.69, 9.17) is 9.94 Å². The number of Topliss-reactive ketones (excluding diaryl/α,β-unsaturated/α-hetero) is 1. The van der Waals surface area contributed by atoms with Gasteiger partial charge in [0, 0.05) is 25.1 Å². The summed E-state index contributed by atoms with van der Waals surface area (Å²) < 4.78 is 26.1. The van der Waals surface area contributed by atoms with Crippen LogP contribution in [0.5, 0.6) is 0 Å². The number of aliphatic imine (C=N–C) groups is 1.